The molecule has 0 unspecified atom stereocenters. The molecule has 0 spiro atoms. The number of nitrogens with one attached hydrogen (secondary N) is 2. The number of nitrogens with zero attached hydrogens (tertiary/aromatic N) is 1. The first-order valence-corrected chi connectivity index (χ1v) is 7.37. The van der Waals surface area contributed by atoms with Crippen molar-refractivity contribution in [3.63, 3.8) is 0 Å². The number of pyridine rings is 1. The summed E-state index contributed by atoms with van der Waals surface area (Å²) in [6.07, 6.45) is 4.18. The highest BCUT2D eigenvalue weighted by Gasteiger charge is 2.23. The van der Waals surface area contributed by atoms with Crippen LogP contribution in [0.2, 0.25) is 0 Å². The normalized spacial score (nSPS) is 22.2. The van der Waals surface area contributed by atoms with Gasteiger partial charge < -0.3 is 15.2 Å². The molecule has 0 radical (unpaired) electrons. The molecule has 6 nitrogen and oxygen atoms in total. The minimum Gasteiger partial charge on any atom is -0.493 e. The van der Waals surface area contributed by atoms with Crippen LogP contribution in [0.1, 0.15) is 37.8 Å². The third-order valence-corrected chi connectivity index (χ3v) is 3.75. The fourth-order valence-electron chi connectivity index (χ4n) is 2.57. The van der Waals surface area contributed by atoms with Crippen LogP contribution in [0.4, 0.5) is 10.6 Å². The molecule has 21 heavy (non-hydrogen) atoms. The Morgan fingerprint density at radius 1 is 1.33 bits per heavy atom. The molecule has 3 N–H and O–H groups in total. The topological polar surface area (TPSA) is 83.5 Å². The molecule has 0 aliphatic heterocycles. The molecular weight excluding hydrogens is 270 g/mol. The Balaban J connectivity index is 1.99. The van der Waals surface area contributed by atoms with Crippen molar-refractivity contribution in [3.05, 3.63) is 17.8 Å². The van der Waals surface area contributed by atoms with Crippen molar-refractivity contribution >= 4 is 11.8 Å². The second kappa shape index (κ2) is 7.26. The number of carbonyl (C=O) groups is 1. The van der Waals surface area contributed by atoms with Gasteiger partial charge in [0.05, 0.1) is 19.3 Å². The molecule has 0 bridgehead atoms. The van der Waals surface area contributed by atoms with Gasteiger partial charge in [-0.2, -0.15) is 0 Å². The van der Waals surface area contributed by atoms with Crippen molar-refractivity contribution in [2.24, 2.45) is 0 Å². The van der Waals surface area contributed by atoms with Crippen molar-refractivity contribution in [1.29, 1.82) is 0 Å². The Hall–Kier alpha value is -1.82. The first-order chi connectivity index (χ1) is 10.1. The zero-order valence-electron chi connectivity index (χ0n) is 12.6. The quantitative estimate of drug-likeness (QED) is 0.746. The number of rotatable bonds is 3. The first kappa shape index (κ1) is 15.6. The maximum Gasteiger partial charge on any atom is 0.320 e. The SMILES string of the molecule is COc1ccc(C)nc1NC(=O)N[C@@H]1CCCCC[C@H]1O. The molecule has 6 heteroatoms. The van der Waals surface area contributed by atoms with Gasteiger partial charge in [0.25, 0.3) is 0 Å². The second-order valence-electron chi connectivity index (χ2n) is 5.41. The summed E-state index contributed by atoms with van der Waals surface area (Å²) in [6.45, 7) is 1.84. The number of carbonyl (C=O) groups excluding carboxylic acids is 1. The summed E-state index contributed by atoms with van der Waals surface area (Å²) in [5.41, 5.74) is 0.792. The Kier molecular flexibility index (Phi) is 5.38. The monoisotopic (exact) mass is 293 g/mol. The van der Waals surface area contributed by atoms with Gasteiger partial charge in [0.15, 0.2) is 11.6 Å². The van der Waals surface area contributed by atoms with Gasteiger partial charge in [-0.3, -0.25) is 5.32 Å². The molecule has 116 valence electrons. The predicted octanol–water partition coefficient (Wildman–Crippen LogP) is 2.21. The fourth-order valence-corrected chi connectivity index (χ4v) is 2.57. The fraction of sp³-hybridized carbons (Fsp3) is 0.600. The van der Waals surface area contributed by atoms with Crippen LogP contribution >= 0.6 is 0 Å². The number of hydrogen-bond donors (Lipinski definition) is 3. The van der Waals surface area contributed by atoms with Gasteiger partial charge in [0.1, 0.15) is 0 Å². The summed E-state index contributed by atoms with van der Waals surface area (Å²) < 4.78 is 5.18. The van der Waals surface area contributed by atoms with Gasteiger partial charge >= 0.3 is 6.03 Å². The van der Waals surface area contributed by atoms with Crippen LogP contribution in [0.3, 0.4) is 0 Å². The van der Waals surface area contributed by atoms with E-state index in [0.717, 1.165) is 37.8 Å². The molecule has 0 aromatic carbocycles. The van der Waals surface area contributed by atoms with Crippen molar-refractivity contribution in [1.82, 2.24) is 10.3 Å². The van der Waals surface area contributed by atoms with Gasteiger partial charge in [-0.25, -0.2) is 9.78 Å². The molecule has 1 aliphatic rings. The number of amides is 2. The Morgan fingerprint density at radius 2 is 2.10 bits per heavy atom. The number of ether oxygens (including phenoxy) is 1. The van der Waals surface area contributed by atoms with E-state index in [0.29, 0.717) is 11.6 Å². The predicted molar refractivity (Wildman–Crippen MR) is 80.6 cm³/mol. The van der Waals surface area contributed by atoms with E-state index in [1.165, 1.54) is 7.11 Å². The third-order valence-electron chi connectivity index (χ3n) is 3.75. The Bertz CT molecular complexity index is 493. The van der Waals surface area contributed by atoms with E-state index in [-0.39, 0.29) is 12.1 Å². The number of aliphatic hydroxyl groups is 1. The molecule has 2 atom stereocenters. The third kappa shape index (κ3) is 4.32. The number of anilines is 1. The lowest BCUT2D eigenvalue weighted by Crippen LogP contribution is -2.44. The highest BCUT2D eigenvalue weighted by molar-refractivity contribution is 5.89. The zero-order chi connectivity index (χ0) is 15.2. The number of hydrogen-bond acceptors (Lipinski definition) is 4. The zero-order valence-corrected chi connectivity index (χ0v) is 12.6. The standard InChI is InChI=1S/C15H23N3O3/c1-10-8-9-13(21-2)14(16-10)18-15(20)17-11-6-4-3-5-7-12(11)19/h8-9,11-12,19H,3-7H2,1-2H3,(H2,16,17,18,20)/t11-,12-/m1/s1. The number of methoxy groups -OCH3 is 1. The van der Waals surface area contributed by atoms with Crippen molar-refractivity contribution in [2.45, 2.75) is 51.2 Å². The van der Waals surface area contributed by atoms with E-state index in [4.69, 9.17) is 4.74 Å². The van der Waals surface area contributed by atoms with Gasteiger partial charge in [0, 0.05) is 5.69 Å². The van der Waals surface area contributed by atoms with Crippen molar-refractivity contribution in [2.75, 3.05) is 12.4 Å². The summed E-state index contributed by atoms with van der Waals surface area (Å²) in [6, 6.07) is 3.01. The second-order valence-corrected chi connectivity index (χ2v) is 5.41. The van der Waals surface area contributed by atoms with Crippen LogP contribution in [-0.4, -0.2) is 35.4 Å². The van der Waals surface area contributed by atoms with E-state index >= 15 is 0 Å². The van der Waals surface area contributed by atoms with Gasteiger partial charge in [0.2, 0.25) is 0 Å². The van der Waals surface area contributed by atoms with Gasteiger partial charge in [-0.05, 0) is 31.9 Å². The molecule has 1 saturated carbocycles. The van der Waals surface area contributed by atoms with Crippen molar-refractivity contribution < 1.29 is 14.6 Å². The lowest BCUT2D eigenvalue weighted by atomic mass is 10.1. The minimum atomic E-state index is -0.481. The summed E-state index contributed by atoms with van der Waals surface area (Å²) in [5, 5.41) is 15.6. The van der Waals surface area contributed by atoms with E-state index in [1.807, 2.05) is 13.0 Å². The number of aliphatic hydroxyl groups excluding tert-OH is 1. The van der Waals surface area contributed by atoms with Crippen LogP contribution in [0.15, 0.2) is 12.1 Å². The minimum absolute atomic E-state index is 0.205. The van der Waals surface area contributed by atoms with Crippen LogP contribution < -0.4 is 15.4 Å². The lowest BCUT2D eigenvalue weighted by Gasteiger charge is -2.22. The number of aryl methyl sites for hydroxylation is 1. The van der Waals surface area contributed by atoms with Gasteiger partial charge in [-0.1, -0.05) is 19.3 Å². The molecular formula is C15H23N3O3. The smallest absolute Gasteiger partial charge is 0.320 e. The average Bonchev–Trinajstić information content (AvgIpc) is 2.64. The Morgan fingerprint density at radius 3 is 2.86 bits per heavy atom. The number of urea groups is 1. The highest BCUT2D eigenvalue weighted by Crippen LogP contribution is 2.22. The molecule has 1 aromatic rings. The first-order valence-electron chi connectivity index (χ1n) is 7.37. The van der Waals surface area contributed by atoms with E-state index in [9.17, 15) is 9.90 Å². The molecule has 1 aromatic heterocycles. The van der Waals surface area contributed by atoms with Crippen molar-refractivity contribution in [3.8, 4) is 5.75 Å². The molecule has 1 fully saturated rings. The summed E-state index contributed by atoms with van der Waals surface area (Å²) >= 11 is 0. The molecule has 1 heterocycles. The maximum atomic E-state index is 12.1. The van der Waals surface area contributed by atoms with E-state index in [2.05, 4.69) is 15.6 Å². The molecule has 2 rings (SSSR count). The highest BCUT2D eigenvalue weighted by atomic mass is 16.5. The summed E-state index contributed by atoms with van der Waals surface area (Å²) in [4.78, 5) is 16.3. The van der Waals surface area contributed by atoms with Crippen LogP contribution in [0, 0.1) is 6.92 Å². The van der Waals surface area contributed by atoms with Crippen LogP contribution in [0.5, 0.6) is 5.75 Å². The molecule has 2 amide bonds. The Labute approximate surface area is 124 Å². The number of aromatic nitrogens is 1. The summed E-state index contributed by atoms with van der Waals surface area (Å²) in [7, 11) is 1.53. The van der Waals surface area contributed by atoms with Gasteiger partial charge in [-0.15, -0.1) is 0 Å². The molecule has 0 saturated heterocycles. The lowest BCUT2D eigenvalue weighted by molar-refractivity contribution is 0.124. The maximum absolute atomic E-state index is 12.1. The summed E-state index contributed by atoms with van der Waals surface area (Å²) in [5.74, 6) is 0.898. The average molecular weight is 293 g/mol. The van der Waals surface area contributed by atoms with E-state index < -0.39 is 6.10 Å². The molecule has 1 aliphatic carbocycles. The van der Waals surface area contributed by atoms with Crippen LogP contribution in [-0.2, 0) is 0 Å². The van der Waals surface area contributed by atoms with E-state index in [1.54, 1.807) is 6.07 Å². The van der Waals surface area contributed by atoms with Crippen LogP contribution in [0.25, 0.3) is 0 Å². The largest absolute Gasteiger partial charge is 0.493 e.